The van der Waals surface area contributed by atoms with Gasteiger partial charge in [-0.05, 0) is 50.1 Å². The number of carbonyl (C=O) groups excluding carboxylic acids is 2. The molecule has 0 aliphatic rings. The topological polar surface area (TPSA) is 55.4 Å². The van der Waals surface area contributed by atoms with Gasteiger partial charge in [-0.1, -0.05) is 19.1 Å². The molecule has 0 bridgehead atoms. The monoisotopic (exact) mass is 349 g/mol. The molecule has 0 atom stereocenters. The van der Waals surface area contributed by atoms with Crippen molar-refractivity contribution >= 4 is 23.2 Å². The summed E-state index contributed by atoms with van der Waals surface area (Å²) in [5.41, 5.74) is 0.491. The number of halogens is 1. The first-order valence-corrected chi connectivity index (χ1v) is 8.46. The molecule has 24 heavy (non-hydrogen) atoms. The molecule has 1 N–H and O–H groups in total. The molecule has 0 aliphatic carbocycles. The minimum absolute atomic E-state index is 0.309. The van der Waals surface area contributed by atoms with Gasteiger partial charge in [0.15, 0.2) is 6.61 Å². The van der Waals surface area contributed by atoms with Crippen LogP contribution in [0, 0.1) is 5.82 Å². The Morgan fingerprint density at radius 1 is 1.17 bits per heavy atom. The summed E-state index contributed by atoms with van der Waals surface area (Å²) in [5.74, 6) is -1.18. The second kappa shape index (κ2) is 7.57. The Morgan fingerprint density at radius 2 is 1.83 bits per heavy atom. The van der Waals surface area contributed by atoms with Crippen LogP contribution in [0.25, 0.3) is 10.4 Å². The number of hydrogen-bond acceptors (Lipinski definition) is 4. The number of ether oxygens (including phenoxy) is 1. The van der Waals surface area contributed by atoms with Crippen molar-refractivity contribution in [3.8, 4) is 10.4 Å². The average molecular weight is 349 g/mol. The molecule has 0 saturated heterocycles. The molecule has 1 aromatic heterocycles. The van der Waals surface area contributed by atoms with Crippen LogP contribution >= 0.6 is 11.3 Å². The van der Waals surface area contributed by atoms with Crippen molar-refractivity contribution in [2.24, 2.45) is 0 Å². The lowest BCUT2D eigenvalue weighted by molar-refractivity contribution is -0.125. The Morgan fingerprint density at radius 3 is 2.46 bits per heavy atom. The number of benzene rings is 1. The van der Waals surface area contributed by atoms with E-state index in [-0.39, 0.29) is 23.9 Å². The van der Waals surface area contributed by atoms with Gasteiger partial charge in [-0.15, -0.1) is 11.3 Å². The van der Waals surface area contributed by atoms with E-state index in [1.807, 2.05) is 20.8 Å². The maximum atomic E-state index is 12.9. The predicted octanol–water partition coefficient (Wildman–Crippen LogP) is 4.02. The van der Waals surface area contributed by atoms with Crippen molar-refractivity contribution < 1.29 is 18.7 Å². The van der Waals surface area contributed by atoms with Crippen LogP contribution < -0.4 is 5.32 Å². The van der Waals surface area contributed by atoms with Crippen LogP contribution in [0.3, 0.4) is 0 Å². The number of nitrogens with one attached hydrogen (secondary N) is 1. The fourth-order valence-electron chi connectivity index (χ4n) is 1.92. The first-order valence-electron chi connectivity index (χ1n) is 7.64. The highest BCUT2D eigenvalue weighted by atomic mass is 32.1. The highest BCUT2D eigenvalue weighted by Gasteiger charge is 2.19. The van der Waals surface area contributed by atoms with Crippen molar-refractivity contribution in [3.63, 3.8) is 0 Å². The minimum atomic E-state index is -0.544. The van der Waals surface area contributed by atoms with E-state index in [1.54, 1.807) is 24.3 Å². The van der Waals surface area contributed by atoms with E-state index < -0.39 is 5.97 Å². The molecular weight excluding hydrogens is 329 g/mol. The average Bonchev–Trinajstić information content (AvgIpc) is 3.03. The molecule has 0 unspecified atom stereocenters. The van der Waals surface area contributed by atoms with E-state index in [0.717, 1.165) is 16.9 Å². The van der Waals surface area contributed by atoms with Crippen molar-refractivity contribution in [2.75, 3.05) is 6.61 Å². The van der Waals surface area contributed by atoms with Gasteiger partial charge in [0.1, 0.15) is 10.7 Å². The lowest BCUT2D eigenvalue weighted by Gasteiger charge is -2.24. The summed E-state index contributed by atoms with van der Waals surface area (Å²) in [6.07, 6.45) is 0.776. The van der Waals surface area contributed by atoms with Gasteiger partial charge in [0, 0.05) is 10.4 Å². The Labute approximate surface area is 144 Å². The van der Waals surface area contributed by atoms with Crippen LogP contribution in [0.1, 0.15) is 36.9 Å². The Bertz CT molecular complexity index is 722. The van der Waals surface area contributed by atoms with E-state index in [1.165, 1.54) is 23.5 Å². The molecule has 0 saturated carbocycles. The Balaban J connectivity index is 1.94. The van der Waals surface area contributed by atoms with E-state index >= 15 is 0 Å². The highest BCUT2D eigenvalue weighted by Crippen LogP contribution is 2.28. The molecule has 2 rings (SSSR count). The van der Waals surface area contributed by atoms with Crippen LogP contribution in [-0.4, -0.2) is 24.0 Å². The van der Waals surface area contributed by atoms with Crippen molar-refractivity contribution in [2.45, 2.75) is 32.7 Å². The van der Waals surface area contributed by atoms with Crippen LogP contribution in [0.2, 0.25) is 0 Å². The van der Waals surface area contributed by atoms with Crippen LogP contribution in [0.4, 0.5) is 4.39 Å². The zero-order valence-corrected chi connectivity index (χ0v) is 14.7. The van der Waals surface area contributed by atoms with Gasteiger partial charge in [0.25, 0.3) is 5.91 Å². The van der Waals surface area contributed by atoms with Crippen LogP contribution in [0.15, 0.2) is 36.4 Å². The van der Waals surface area contributed by atoms with Crippen molar-refractivity contribution in [1.82, 2.24) is 5.32 Å². The second-order valence-electron chi connectivity index (χ2n) is 6.03. The third-order valence-corrected chi connectivity index (χ3v) is 4.75. The zero-order valence-electron chi connectivity index (χ0n) is 13.9. The summed E-state index contributed by atoms with van der Waals surface area (Å²) in [5, 5.41) is 2.80. The van der Waals surface area contributed by atoms with Gasteiger partial charge < -0.3 is 10.1 Å². The molecule has 2 aromatic rings. The van der Waals surface area contributed by atoms with E-state index in [4.69, 9.17) is 4.74 Å². The van der Waals surface area contributed by atoms with Gasteiger partial charge >= 0.3 is 5.97 Å². The normalized spacial score (nSPS) is 11.2. The Kier molecular flexibility index (Phi) is 5.72. The second-order valence-corrected chi connectivity index (χ2v) is 7.12. The molecular formula is C18H20FNO3S. The van der Waals surface area contributed by atoms with E-state index in [0.29, 0.717) is 4.88 Å². The van der Waals surface area contributed by atoms with Gasteiger partial charge in [0.2, 0.25) is 0 Å². The molecule has 6 heteroatoms. The maximum Gasteiger partial charge on any atom is 0.348 e. The third kappa shape index (κ3) is 4.89. The van der Waals surface area contributed by atoms with E-state index in [2.05, 4.69) is 5.32 Å². The van der Waals surface area contributed by atoms with Crippen molar-refractivity contribution in [1.29, 1.82) is 0 Å². The quantitative estimate of drug-likeness (QED) is 0.802. The standard InChI is InChI=1S/C18H20FNO3S/c1-4-18(2,3)20-16(21)11-23-17(22)15-10-9-14(24-15)12-5-7-13(19)8-6-12/h5-10H,4,11H2,1-3H3,(H,20,21). The first-order chi connectivity index (χ1) is 11.3. The largest absolute Gasteiger partial charge is 0.451 e. The molecule has 4 nitrogen and oxygen atoms in total. The smallest absolute Gasteiger partial charge is 0.348 e. The molecule has 1 amide bonds. The maximum absolute atomic E-state index is 12.9. The lowest BCUT2D eigenvalue weighted by Crippen LogP contribution is -2.44. The minimum Gasteiger partial charge on any atom is -0.451 e. The highest BCUT2D eigenvalue weighted by molar-refractivity contribution is 7.17. The summed E-state index contributed by atoms with van der Waals surface area (Å²) < 4.78 is 18.0. The van der Waals surface area contributed by atoms with Crippen LogP contribution in [0.5, 0.6) is 0 Å². The number of amides is 1. The third-order valence-electron chi connectivity index (χ3n) is 3.63. The van der Waals surface area contributed by atoms with Gasteiger partial charge in [0.05, 0.1) is 0 Å². The van der Waals surface area contributed by atoms with Gasteiger partial charge in [-0.2, -0.15) is 0 Å². The van der Waals surface area contributed by atoms with E-state index in [9.17, 15) is 14.0 Å². The number of carbonyl (C=O) groups is 2. The fraction of sp³-hybridized carbons (Fsp3) is 0.333. The molecule has 0 aliphatic heterocycles. The SMILES string of the molecule is CCC(C)(C)NC(=O)COC(=O)c1ccc(-c2ccc(F)cc2)s1. The number of esters is 1. The van der Waals surface area contributed by atoms with Gasteiger partial charge in [-0.25, -0.2) is 9.18 Å². The summed E-state index contributed by atoms with van der Waals surface area (Å²) in [6, 6.07) is 9.45. The predicted molar refractivity (Wildman–Crippen MR) is 92.5 cm³/mol. The summed E-state index contributed by atoms with van der Waals surface area (Å²) in [7, 11) is 0. The van der Waals surface area contributed by atoms with Crippen LogP contribution in [-0.2, 0) is 9.53 Å². The number of thiophene rings is 1. The molecule has 0 fully saturated rings. The molecule has 1 heterocycles. The molecule has 0 radical (unpaired) electrons. The summed E-state index contributed by atoms with van der Waals surface area (Å²) in [4.78, 5) is 25.1. The number of hydrogen-bond donors (Lipinski definition) is 1. The number of rotatable bonds is 6. The fourth-order valence-corrected chi connectivity index (χ4v) is 2.83. The molecule has 128 valence electrons. The summed E-state index contributed by atoms with van der Waals surface area (Å²) >= 11 is 1.24. The lowest BCUT2D eigenvalue weighted by atomic mass is 10.0. The van der Waals surface area contributed by atoms with Gasteiger partial charge in [-0.3, -0.25) is 4.79 Å². The van der Waals surface area contributed by atoms with Crippen molar-refractivity contribution in [3.05, 3.63) is 47.1 Å². The molecule has 1 aromatic carbocycles. The Hall–Kier alpha value is -2.21. The molecule has 0 spiro atoms. The first kappa shape index (κ1) is 18.1. The summed E-state index contributed by atoms with van der Waals surface area (Å²) in [6.45, 7) is 5.46. The zero-order chi connectivity index (χ0) is 17.7.